The van der Waals surface area contributed by atoms with E-state index >= 15 is 0 Å². The number of hydrogen-bond acceptors (Lipinski definition) is 4. The summed E-state index contributed by atoms with van der Waals surface area (Å²) in [6.07, 6.45) is 0. The topological polar surface area (TPSA) is 61.8 Å². The maximum Gasteiger partial charge on any atom is 0.236 e. The summed E-state index contributed by atoms with van der Waals surface area (Å²) in [5.74, 6) is -4.45. The Balaban J connectivity index is 1.98. The molecular weight excluding hydrogens is 301 g/mol. The fourth-order valence-electron chi connectivity index (χ4n) is 2.20. The predicted octanol–water partition coefficient (Wildman–Crippen LogP) is 0.586. The van der Waals surface area contributed by atoms with Crippen LogP contribution in [0.3, 0.4) is 0 Å². The maximum atomic E-state index is 13.2. The number of benzene rings is 1. The third-order valence-corrected chi connectivity index (χ3v) is 3.45. The lowest BCUT2D eigenvalue weighted by atomic mass is 10.1. The first kappa shape index (κ1) is 16.7. The molecule has 2 N–H and O–H groups in total. The summed E-state index contributed by atoms with van der Waals surface area (Å²) >= 11 is 0. The van der Waals surface area contributed by atoms with Crippen LogP contribution in [-0.2, 0) is 9.53 Å². The minimum atomic E-state index is -1.56. The molecule has 1 saturated heterocycles. The number of carbonyl (C=O) groups excluding carboxylic acids is 1. The van der Waals surface area contributed by atoms with E-state index in [-0.39, 0.29) is 18.0 Å². The first-order chi connectivity index (χ1) is 10.5. The van der Waals surface area contributed by atoms with Crippen LogP contribution >= 0.6 is 0 Å². The quantitative estimate of drug-likeness (QED) is 0.780. The molecule has 1 heterocycles. The van der Waals surface area contributed by atoms with E-state index in [0.29, 0.717) is 26.3 Å². The van der Waals surface area contributed by atoms with Gasteiger partial charge in [0, 0.05) is 13.1 Å². The summed E-state index contributed by atoms with van der Waals surface area (Å²) in [6.45, 7) is 1.29. The second kappa shape index (κ2) is 7.57. The van der Waals surface area contributed by atoms with E-state index in [2.05, 4.69) is 5.32 Å². The fourth-order valence-corrected chi connectivity index (χ4v) is 2.20. The van der Waals surface area contributed by atoms with Crippen molar-refractivity contribution < 1.29 is 27.8 Å². The van der Waals surface area contributed by atoms with E-state index in [1.165, 1.54) is 0 Å². The fraction of sp³-hybridized carbons (Fsp3) is 0.500. The molecule has 8 heteroatoms. The molecule has 0 aromatic heterocycles. The third kappa shape index (κ3) is 3.96. The number of hydrogen-bond donors (Lipinski definition) is 2. The standard InChI is InChI=1S/C14H17F3N2O3/c15-10-5-9(6-11(16)14(10)17)12(8-20)18-7-13(21)19-1-3-22-4-2-19/h5-6,12,18,20H,1-4,7-8H2/t12-/m1/s1. The molecule has 0 spiro atoms. The maximum absolute atomic E-state index is 13.2. The number of ether oxygens (including phenoxy) is 1. The molecule has 0 aliphatic carbocycles. The van der Waals surface area contributed by atoms with Gasteiger partial charge in [-0.1, -0.05) is 0 Å². The van der Waals surface area contributed by atoms with Crippen LogP contribution in [-0.4, -0.2) is 55.4 Å². The molecule has 1 aliphatic rings. The molecule has 1 aromatic carbocycles. The van der Waals surface area contributed by atoms with Crippen molar-refractivity contribution in [2.45, 2.75) is 6.04 Å². The number of carbonyl (C=O) groups is 1. The van der Waals surface area contributed by atoms with Crippen molar-refractivity contribution >= 4 is 5.91 Å². The second-order valence-corrected chi connectivity index (χ2v) is 4.91. The lowest BCUT2D eigenvalue weighted by Crippen LogP contribution is -2.45. The number of halogens is 3. The highest BCUT2D eigenvalue weighted by atomic mass is 19.2. The molecule has 1 fully saturated rings. The van der Waals surface area contributed by atoms with Gasteiger partial charge in [0.05, 0.1) is 32.4 Å². The molecule has 0 radical (unpaired) electrons. The highest BCUT2D eigenvalue weighted by Crippen LogP contribution is 2.19. The van der Waals surface area contributed by atoms with Crippen LogP contribution in [0.2, 0.25) is 0 Å². The van der Waals surface area contributed by atoms with Gasteiger partial charge in [-0.3, -0.25) is 10.1 Å². The molecule has 1 aliphatic heterocycles. The minimum absolute atomic E-state index is 0.0358. The lowest BCUT2D eigenvalue weighted by Gasteiger charge is -2.27. The molecule has 0 saturated carbocycles. The summed E-state index contributed by atoms with van der Waals surface area (Å²) in [5.41, 5.74) is 0.0358. The van der Waals surface area contributed by atoms with Crippen LogP contribution in [0.25, 0.3) is 0 Å². The predicted molar refractivity (Wildman–Crippen MR) is 71.5 cm³/mol. The number of morpholine rings is 1. The smallest absolute Gasteiger partial charge is 0.236 e. The minimum Gasteiger partial charge on any atom is -0.394 e. The molecule has 1 atom stereocenters. The van der Waals surface area contributed by atoms with Crippen molar-refractivity contribution in [1.82, 2.24) is 10.2 Å². The molecule has 5 nitrogen and oxygen atoms in total. The van der Waals surface area contributed by atoms with E-state index in [0.717, 1.165) is 12.1 Å². The van der Waals surface area contributed by atoms with E-state index in [1.54, 1.807) is 4.90 Å². The SMILES string of the molecule is O=C(CN[C@H](CO)c1cc(F)c(F)c(F)c1)N1CCOCC1. The van der Waals surface area contributed by atoms with Crippen molar-refractivity contribution in [2.75, 3.05) is 39.5 Å². The lowest BCUT2D eigenvalue weighted by molar-refractivity contribution is -0.134. The highest BCUT2D eigenvalue weighted by molar-refractivity contribution is 5.78. The van der Waals surface area contributed by atoms with Gasteiger partial charge in [-0.15, -0.1) is 0 Å². The van der Waals surface area contributed by atoms with Crippen LogP contribution in [0.15, 0.2) is 12.1 Å². The average molecular weight is 318 g/mol. The zero-order valence-corrected chi connectivity index (χ0v) is 11.8. The Morgan fingerprint density at radius 2 is 1.86 bits per heavy atom. The molecule has 2 rings (SSSR count). The highest BCUT2D eigenvalue weighted by Gasteiger charge is 2.20. The third-order valence-electron chi connectivity index (χ3n) is 3.45. The van der Waals surface area contributed by atoms with Crippen molar-refractivity contribution in [3.8, 4) is 0 Å². The van der Waals surface area contributed by atoms with Gasteiger partial charge in [0.1, 0.15) is 0 Å². The number of amides is 1. The first-order valence-corrected chi connectivity index (χ1v) is 6.87. The molecule has 22 heavy (non-hydrogen) atoms. The molecule has 1 aromatic rings. The van der Waals surface area contributed by atoms with Gasteiger partial charge < -0.3 is 14.7 Å². The molecule has 0 unspecified atom stereocenters. The van der Waals surface area contributed by atoms with Gasteiger partial charge in [-0.05, 0) is 17.7 Å². The molecule has 0 bridgehead atoms. The summed E-state index contributed by atoms with van der Waals surface area (Å²) in [4.78, 5) is 13.5. The molecule has 122 valence electrons. The van der Waals surface area contributed by atoms with Crippen LogP contribution in [0.5, 0.6) is 0 Å². The van der Waals surface area contributed by atoms with Gasteiger partial charge in [0.25, 0.3) is 0 Å². The zero-order valence-electron chi connectivity index (χ0n) is 11.8. The van der Waals surface area contributed by atoms with E-state index in [4.69, 9.17) is 4.74 Å². The number of aliphatic hydroxyl groups excluding tert-OH is 1. The van der Waals surface area contributed by atoms with Crippen molar-refractivity contribution in [2.24, 2.45) is 0 Å². The van der Waals surface area contributed by atoms with Gasteiger partial charge in [0.15, 0.2) is 17.5 Å². The average Bonchev–Trinajstić information content (AvgIpc) is 2.53. The summed E-state index contributed by atoms with van der Waals surface area (Å²) in [7, 11) is 0. The first-order valence-electron chi connectivity index (χ1n) is 6.87. The van der Waals surface area contributed by atoms with Crippen LogP contribution in [0.4, 0.5) is 13.2 Å². The second-order valence-electron chi connectivity index (χ2n) is 4.91. The molecular formula is C14H17F3N2O3. The van der Waals surface area contributed by atoms with E-state index in [9.17, 15) is 23.1 Å². The van der Waals surface area contributed by atoms with Gasteiger partial charge in [-0.2, -0.15) is 0 Å². The van der Waals surface area contributed by atoms with E-state index in [1.807, 2.05) is 0 Å². The summed E-state index contributed by atoms with van der Waals surface area (Å²) in [5, 5.41) is 12.0. The molecule has 1 amide bonds. The van der Waals surface area contributed by atoms with Crippen LogP contribution < -0.4 is 5.32 Å². The number of nitrogens with one attached hydrogen (secondary N) is 1. The number of aliphatic hydroxyl groups is 1. The summed E-state index contributed by atoms with van der Waals surface area (Å²) in [6, 6.07) is 0.728. The van der Waals surface area contributed by atoms with Crippen molar-refractivity contribution in [3.63, 3.8) is 0 Å². The number of nitrogens with zero attached hydrogens (tertiary/aromatic N) is 1. The van der Waals surface area contributed by atoms with Gasteiger partial charge in [-0.25, -0.2) is 13.2 Å². The van der Waals surface area contributed by atoms with Crippen molar-refractivity contribution in [1.29, 1.82) is 0 Å². The van der Waals surface area contributed by atoms with Crippen molar-refractivity contribution in [3.05, 3.63) is 35.1 Å². The largest absolute Gasteiger partial charge is 0.394 e. The summed E-state index contributed by atoms with van der Waals surface area (Å²) < 4.78 is 44.5. The van der Waals surface area contributed by atoms with Crippen LogP contribution in [0, 0.1) is 17.5 Å². The Morgan fingerprint density at radius 3 is 2.41 bits per heavy atom. The number of rotatable bonds is 5. The van der Waals surface area contributed by atoms with Gasteiger partial charge in [0.2, 0.25) is 5.91 Å². The normalized spacial score (nSPS) is 16.6. The Labute approximate surface area is 125 Å². The van der Waals surface area contributed by atoms with Crippen LogP contribution in [0.1, 0.15) is 11.6 Å². The monoisotopic (exact) mass is 318 g/mol. The Kier molecular flexibility index (Phi) is 5.76. The van der Waals surface area contributed by atoms with Gasteiger partial charge >= 0.3 is 0 Å². The Hall–Kier alpha value is -1.64. The zero-order chi connectivity index (χ0) is 16.1. The van der Waals surface area contributed by atoms with E-state index < -0.39 is 30.1 Å². The Bertz CT molecular complexity index is 513. The Morgan fingerprint density at radius 1 is 1.27 bits per heavy atom.